The summed E-state index contributed by atoms with van der Waals surface area (Å²) in [6, 6.07) is 0. The van der Waals surface area contributed by atoms with Crippen LogP contribution in [0.4, 0.5) is 4.39 Å². The fourth-order valence-electron chi connectivity index (χ4n) is 0.981. The first-order valence-electron chi connectivity index (χ1n) is 3.63. The van der Waals surface area contributed by atoms with Crippen molar-refractivity contribution in [3.05, 3.63) is 23.8 Å². The molecule has 0 radical (unpaired) electrons. The van der Waals surface area contributed by atoms with E-state index >= 15 is 0 Å². The normalized spacial score (nSPS) is 26.8. The van der Waals surface area contributed by atoms with E-state index in [1.165, 1.54) is 0 Å². The highest BCUT2D eigenvalue weighted by Crippen LogP contribution is 2.26. The molecule has 1 unspecified atom stereocenters. The van der Waals surface area contributed by atoms with Crippen LogP contribution in [0, 0.1) is 0 Å². The van der Waals surface area contributed by atoms with Crippen LogP contribution < -0.4 is 0 Å². The van der Waals surface area contributed by atoms with Gasteiger partial charge in [0.05, 0.1) is 5.57 Å². The summed E-state index contributed by atoms with van der Waals surface area (Å²) in [4.78, 5) is 10.4. The first kappa shape index (κ1) is 9.95. The van der Waals surface area contributed by atoms with Gasteiger partial charge in [-0.3, -0.25) is 0 Å². The Morgan fingerprint density at radius 1 is 1.62 bits per heavy atom. The first-order valence-corrected chi connectivity index (χ1v) is 3.63. The zero-order valence-electron chi connectivity index (χ0n) is 6.64. The van der Waals surface area contributed by atoms with Gasteiger partial charge in [-0.1, -0.05) is 6.08 Å². The third-order valence-electron chi connectivity index (χ3n) is 1.85. The number of hydrogen-bond donors (Lipinski definition) is 3. The van der Waals surface area contributed by atoms with Crippen LogP contribution >= 0.6 is 0 Å². The van der Waals surface area contributed by atoms with Crippen molar-refractivity contribution in [3.63, 3.8) is 0 Å². The molecule has 0 bridgehead atoms. The summed E-state index contributed by atoms with van der Waals surface area (Å²) in [7, 11) is -2.13. The molecule has 0 aliphatic heterocycles. The number of aliphatic carboxylic acids is 1. The molecule has 0 aromatic rings. The van der Waals surface area contributed by atoms with E-state index in [-0.39, 0.29) is 12.0 Å². The first-order chi connectivity index (χ1) is 5.96. The highest BCUT2D eigenvalue weighted by Gasteiger charge is 2.41. The predicted molar refractivity (Wildman–Crippen MR) is 43.5 cm³/mol. The zero-order chi connectivity index (χ0) is 10.1. The minimum atomic E-state index is -2.26. The molecule has 0 aromatic heterocycles. The maximum Gasteiger partial charge on any atom is 0.496 e. The molecule has 1 aliphatic carbocycles. The average molecular weight is 186 g/mol. The molecule has 0 saturated heterocycles. The van der Waals surface area contributed by atoms with E-state index in [0.717, 1.165) is 18.2 Å². The van der Waals surface area contributed by atoms with Gasteiger partial charge in [-0.05, 0) is 12.2 Å². The molecule has 0 aromatic carbocycles. The SMILES string of the molecule is O=C(O)C1=CCC(F)(B(O)O)C=C1. The average Bonchev–Trinajstić information content (AvgIpc) is 2.04. The largest absolute Gasteiger partial charge is 0.496 e. The summed E-state index contributed by atoms with van der Waals surface area (Å²) < 4.78 is 13.3. The summed E-state index contributed by atoms with van der Waals surface area (Å²) >= 11 is 0. The van der Waals surface area contributed by atoms with Crippen molar-refractivity contribution in [1.29, 1.82) is 0 Å². The molecule has 13 heavy (non-hydrogen) atoms. The minimum absolute atomic E-state index is 0.0473. The Hall–Kier alpha value is -1.14. The lowest BCUT2D eigenvalue weighted by Gasteiger charge is -2.21. The lowest BCUT2D eigenvalue weighted by molar-refractivity contribution is -0.132. The van der Waals surface area contributed by atoms with Crippen LogP contribution in [-0.2, 0) is 4.79 Å². The lowest BCUT2D eigenvalue weighted by Crippen LogP contribution is -2.41. The van der Waals surface area contributed by atoms with Gasteiger partial charge in [-0.2, -0.15) is 0 Å². The Bertz CT molecular complexity index is 286. The van der Waals surface area contributed by atoms with Crippen molar-refractivity contribution in [2.45, 2.75) is 12.0 Å². The third-order valence-corrected chi connectivity index (χ3v) is 1.85. The Morgan fingerprint density at radius 2 is 2.23 bits per heavy atom. The molecular weight excluding hydrogens is 178 g/mol. The lowest BCUT2D eigenvalue weighted by atomic mass is 9.66. The van der Waals surface area contributed by atoms with E-state index in [1.54, 1.807) is 0 Å². The van der Waals surface area contributed by atoms with Crippen LogP contribution in [0.15, 0.2) is 23.8 Å². The molecular formula is C7H8BFO4. The molecule has 1 rings (SSSR count). The maximum atomic E-state index is 13.3. The molecule has 0 saturated carbocycles. The number of alkyl halides is 1. The number of carbonyl (C=O) groups is 1. The van der Waals surface area contributed by atoms with Crippen molar-refractivity contribution in [3.8, 4) is 0 Å². The van der Waals surface area contributed by atoms with Crippen LogP contribution in [0.2, 0.25) is 0 Å². The quantitative estimate of drug-likeness (QED) is 0.516. The molecule has 70 valence electrons. The van der Waals surface area contributed by atoms with E-state index in [4.69, 9.17) is 15.2 Å². The van der Waals surface area contributed by atoms with E-state index in [2.05, 4.69) is 0 Å². The molecule has 0 amide bonds. The second kappa shape index (κ2) is 3.31. The van der Waals surface area contributed by atoms with Gasteiger partial charge in [-0.15, -0.1) is 0 Å². The van der Waals surface area contributed by atoms with E-state index in [0.29, 0.717) is 0 Å². The number of carboxylic acids is 1. The summed E-state index contributed by atoms with van der Waals surface area (Å²) in [5.41, 5.74) is -2.31. The Labute approximate surface area is 74.1 Å². The van der Waals surface area contributed by atoms with Crippen LogP contribution in [0.25, 0.3) is 0 Å². The molecule has 0 heterocycles. The van der Waals surface area contributed by atoms with Gasteiger partial charge >= 0.3 is 13.1 Å². The number of carboxylic acid groups (broad SMARTS) is 1. The molecule has 0 fully saturated rings. The second-order valence-corrected chi connectivity index (χ2v) is 2.80. The fourth-order valence-corrected chi connectivity index (χ4v) is 0.981. The molecule has 6 heteroatoms. The van der Waals surface area contributed by atoms with Crippen molar-refractivity contribution in [2.75, 3.05) is 0 Å². The van der Waals surface area contributed by atoms with Gasteiger partial charge in [0.1, 0.15) is 0 Å². The van der Waals surface area contributed by atoms with Crippen molar-refractivity contribution >= 4 is 13.1 Å². The maximum absolute atomic E-state index is 13.3. The van der Waals surface area contributed by atoms with E-state index < -0.39 is 18.7 Å². The van der Waals surface area contributed by atoms with Gasteiger partial charge < -0.3 is 15.2 Å². The second-order valence-electron chi connectivity index (χ2n) is 2.80. The van der Waals surface area contributed by atoms with Gasteiger partial charge in [0.25, 0.3) is 0 Å². The summed E-state index contributed by atoms with van der Waals surface area (Å²) in [6.07, 6.45) is 2.64. The Kier molecular flexibility index (Phi) is 2.54. The Balaban J connectivity index is 2.79. The Morgan fingerprint density at radius 3 is 2.54 bits per heavy atom. The van der Waals surface area contributed by atoms with Crippen molar-refractivity contribution in [1.82, 2.24) is 0 Å². The van der Waals surface area contributed by atoms with Gasteiger partial charge in [-0.25, -0.2) is 9.18 Å². The van der Waals surface area contributed by atoms with Crippen LogP contribution in [-0.4, -0.2) is 33.8 Å². The molecule has 1 atom stereocenters. The number of allylic oxidation sites excluding steroid dienone is 2. The highest BCUT2D eigenvalue weighted by atomic mass is 19.1. The summed E-state index contributed by atoms with van der Waals surface area (Å²) in [6.45, 7) is 0. The zero-order valence-corrected chi connectivity index (χ0v) is 6.64. The third kappa shape index (κ3) is 1.96. The topological polar surface area (TPSA) is 77.8 Å². The molecule has 1 aliphatic rings. The van der Waals surface area contributed by atoms with Gasteiger partial charge in [0.2, 0.25) is 0 Å². The summed E-state index contributed by atoms with van der Waals surface area (Å²) in [5.74, 6) is -1.16. The van der Waals surface area contributed by atoms with Crippen LogP contribution in [0.5, 0.6) is 0 Å². The van der Waals surface area contributed by atoms with Gasteiger partial charge in [0.15, 0.2) is 5.57 Å². The van der Waals surface area contributed by atoms with E-state index in [1.807, 2.05) is 0 Å². The van der Waals surface area contributed by atoms with Gasteiger partial charge in [0, 0.05) is 6.42 Å². The van der Waals surface area contributed by atoms with Crippen LogP contribution in [0.1, 0.15) is 6.42 Å². The summed E-state index contributed by atoms with van der Waals surface area (Å²) in [5, 5.41) is 25.7. The van der Waals surface area contributed by atoms with Crippen molar-refractivity contribution < 1.29 is 24.3 Å². The fraction of sp³-hybridized carbons (Fsp3) is 0.286. The molecule has 3 N–H and O–H groups in total. The smallest absolute Gasteiger partial charge is 0.478 e. The number of hydrogen-bond acceptors (Lipinski definition) is 3. The number of halogens is 1. The molecule has 4 nitrogen and oxygen atoms in total. The molecule has 0 spiro atoms. The predicted octanol–water partition coefficient (Wildman–Crippen LogP) is -0.322. The standard InChI is InChI=1S/C7H8BFO4/c9-7(8(12)13)3-1-5(2-4-7)6(10)11/h1-3,12-13H,4H2,(H,10,11). The minimum Gasteiger partial charge on any atom is -0.478 e. The number of rotatable bonds is 2. The highest BCUT2D eigenvalue weighted by molar-refractivity contribution is 6.46. The van der Waals surface area contributed by atoms with E-state index in [9.17, 15) is 9.18 Å². The van der Waals surface area contributed by atoms with Crippen LogP contribution in [0.3, 0.4) is 0 Å². The monoisotopic (exact) mass is 186 g/mol. The van der Waals surface area contributed by atoms with Crippen molar-refractivity contribution in [2.24, 2.45) is 0 Å².